The molecule has 0 aliphatic rings. The van der Waals surface area contributed by atoms with Crippen LogP contribution >= 0.6 is 15.9 Å². The zero-order valence-electron chi connectivity index (χ0n) is 10.2. The van der Waals surface area contributed by atoms with Crippen molar-refractivity contribution in [3.63, 3.8) is 0 Å². The van der Waals surface area contributed by atoms with E-state index < -0.39 is 17.7 Å². The summed E-state index contributed by atoms with van der Waals surface area (Å²) < 4.78 is 32.6. The highest BCUT2D eigenvalue weighted by Crippen LogP contribution is 2.28. The summed E-state index contributed by atoms with van der Waals surface area (Å²) in [6.07, 6.45) is 1.52. The summed E-state index contributed by atoms with van der Waals surface area (Å²) in [5, 5.41) is 3.66. The SMILES string of the molecule is CCCC(N)c1noc(-c2c(F)cc(Br)cc2F)n1. The van der Waals surface area contributed by atoms with Gasteiger partial charge in [0.25, 0.3) is 5.89 Å². The first-order valence-electron chi connectivity index (χ1n) is 5.77. The highest BCUT2D eigenvalue weighted by Gasteiger charge is 2.21. The average Bonchev–Trinajstić information content (AvgIpc) is 2.77. The van der Waals surface area contributed by atoms with Gasteiger partial charge in [0.05, 0.1) is 6.04 Å². The molecule has 102 valence electrons. The summed E-state index contributed by atoms with van der Waals surface area (Å²) in [6, 6.07) is 1.87. The Balaban J connectivity index is 2.38. The van der Waals surface area contributed by atoms with Crippen LogP contribution in [0.25, 0.3) is 11.5 Å². The fourth-order valence-electron chi connectivity index (χ4n) is 1.67. The number of nitrogens with two attached hydrogens (primary N) is 1. The van der Waals surface area contributed by atoms with Crippen LogP contribution in [-0.4, -0.2) is 10.1 Å². The Morgan fingerprint density at radius 2 is 2.00 bits per heavy atom. The van der Waals surface area contributed by atoms with Crippen molar-refractivity contribution < 1.29 is 13.3 Å². The summed E-state index contributed by atoms with van der Waals surface area (Å²) in [6.45, 7) is 1.97. The molecule has 2 aromatic rings. The van der Waals surface area contributed by atoms with Crippen molar-refractivity contribution in [1.29, 1.82) is 0 Å². The molecule has 2 N–H and O–H groups in total. The Morgan fingerprint density at radius 1 is 1.37 bits per heavy atom. The van der Waals surface area contributed by atoms with Crippen molar-refractivity contribution in [1.82, 2.24) is 10.1 Å². The lowest BCUT2D eigenvalue weighted by atomic mass is 10.1. The maximum Gasteiger partial charge on any atom is 0.263 e. The van der Waals surface area contributed by atoms with E-state index in [1.807, 2.05) is 6.92 Å². The molecule has 2 rings (SSSR count). The summed E-state index contributed by atoms with van der Waals surface area (Å²) in [5.74, 6) is -1.50. The van der Waals surface area contributed by atoms with Crippen LogP contribution in [0.4, 0.5) is 8.78 Å². The van der Waals surface area contributed by atoms with Gasteiger partial charge in [-0.2, -0.15) is 4.98 Å². The molecule has 1 aromatic heterocycles. The maximum atomic E-state index is 13.7. The molecule has 0 aliphatic carbocycles. The van der Waals surface area contributed by atoms with E-state index in [9.17, 15) is 8.78 Å². The lowest BCUT2D eigenvalue weighted by molar-refractivity contribution is 0.409. The normalized spacial score (nSPS) is 12.7. The van der Waals surface area contributed by atoms with Crippen molar-refractivity contribution >= 4 is 15.9 Å². The van der Waals surface area contributed by atoms with E-state index in [0.29, 0.717) is 10.9 Å². The molecule has 0 fully saturated rings. The van der Waals surface area contributed by atoms with Crippen LogP contribution in [0.15, 0.2) is 21.1 Å². The molecule has 0 saturated carbocycles. The van der Waals surface area contributed by atoms with Gasteiger partial charge in [-0.1, -0.05) is 34.4 Å². The number of hydrogen-bond acceptors (Lipinski definition) is 4. The monoisotopic (exact) mass is 331 g/mol. The van der Waals surface area contributed by atoms with Gasteiger partial charge >= 0.3 is 0 Å². The van der Waals surface area contributed by atoms with Crippen molar-refractivity contribution in [2.75, 3.05) is 0 Å². The molecule has 1 heterocycles. The Bertz CT molecular complexity index is 565. The fraction of sp³-hybridized carbons (Fsp3) is 0.333. The predicted octanol–water partition coefficient (Wildman–Crippen LogP) is 3.58. The molecule has 19 heavy (non-hydrogen) atoms. The minimum atomic E-state index is -0.772. The van der Waals surface area contributed by atoms with Crippen LogP contribution in [0.2, 0.25) is 0 Å². The van der Waals surface area contributed by atoms with Gasteiger partial charge in [0, 0.05) is 4.47 Å². The molecule has 7 heteroatoms. The predicted molar refractivity (Wildman–Crippen MR) is 69.2 cm³/mol. The summed E-state index contributed by atoms with van der Waals surface area (Å²) in [5.41, 5.74) is 5.48. The lowest BCUT2D eigenvalue weighted by Gasteiger charge is -2.03. The van der Waals surface area contributed by atoms with E-state index in [4.69, 9.17) is 10.3 Å². The minimum absolute atomic E-state index is 0.205. The van der Waals surface area contributed by atoms with Gasteiger partial charge in [-0.15, -0.1) is 0 Å². The molecular formula is C12H12BrF2N3O. The Labute approximate surface area is 117 Å². The van der Waals surface area contributed by atoms with Gasteiger partial charge in [0.1, 0.15) is 17.2 Å². The molecule has 0 amide bonds. The minimum Gasteiger partial charge on any atom is -0.334 e. The maximum absolute atomic E-state index is 13.7. The highest BCUT2D eigenvalue weighted by atomic mass is 79.9. The molecule has 0 spiro atoms. The van der Waals surface area contributed by atoms with E-state index >= 15 is 0 Å². The quantitative estimate of drug-likeness (QED) is 0.929. The third kappa shape index (κ3) is 2.98. The van der Waals surface area contributed by atoms with Crippen molar-refractivity contribution in [2.24, 2.45) is 5.73 Å². The van der Waals surface area contributed by atoms with Gasteiger partial charge in [-0.05, 0) is 18.6 Å². The molecule has 4 nitrogen and oxygen atoms in total. The van der Waals surface area contributed by atoms with Crippen LogP contribution in [0, 0.1) is 11.6 Å². The number of aromatic nitrogens is 2. The second-order valence-corrected chi connectivity index (χ2v) is 5.01. The first-order valence-corrected chi connectivity index (χ1v) is 6.56. The molecule has 1 atom stereocenters. The summed E-state index contributed by atoms with van der Waals surface area (Å²) in [4.78, 5) is 3.95. The third-order valence-electron chi connectivity index (χ3n) is 2.59. The van der Waals surface area contributed by atoms with E-state index in [1.54, 1.807) is 0 Å². The van der Waals surface area contributed by atoms with Crippen LogP contribution in [0.3, 0.4) is 0 Å². The van der Waals surface area contributed by atoms with E-state index in [-0.39, 0.29) is 17.3 Å². The second-order valence-electron chi connectivity index (χ2n) is 4.10. The van der Waals surface area contributed by atoms with Crippen molar-refractivity contribution in [2.45, 2.75) is 25.8 Å². The van der Waals surface area contributed by atoms with E-state index in [1.165, 1.54) is 0 Å². The molecule has 0 aliphatic heterocycles. The van der Waals surface area contributed by atoms with E-state index in [2.05, 4.69) is 26.1 Å². The lowest BCUT2D eigenvalue weighted by Crippen LogP contribution is -2.11. The standard InChI is InChI=1S/C12H12BrF2N3O/c1-2-3-9(16)11-17-12(19-18-11)10-7(14)4-6(13)5-8(10)15/h4-5,9H,2-3,16H2,1H3. The molecule has 0 saturated heterocycles. The summed E-state index contributed by atoms with van der Waals surface area (Å²) >= 11 is 3.00. The smallest absolute Gasteiger partial charge is 0.263 e. The molecule has 1 unspecified atom stereocenters. The zero-order valence-corrected chi connectivity index (χ0v) is 11.7. The number of benzene rings is 1. The topological polar surface area (TPSA) is 64.9 Å². The summed E-state index contributed by atoms with van der Waals surface area (Å²) in [7, 11) is 0. The third-order valence-corrected chi connectivity index (χ3v) is 3.05. The Hall–Kier alpha value is -1.34. The number of rotatable bonds is 4. The van der Waals surface area contributed by atoms with Crippen molar-refractivity contribution in [3.05, 3.63) is 34.1 Å². The average molecular weight is 332 g/mol. The van der Waals surface area contributed by atoms with Gasteiger partial charge in [-0.25, -0.2) is 8.78 Å². The number of halogens is 3. The molecule has 1 aromatic carbocycles. The van der Waals surface area contributed by atoms with Crippen molar-refractivity contribution in [3.8, 4) is 11.5 Å². The Kier molecular flexibility index (Phi) is 4.26. The first kappa shape index (κ1) is 14.1. The number of nitrogens with zero attached hydrogens (tertiary/aromatic N) is 2. The highest BCUT2D eigenvalue weighted by molar-refractivity contribution is 9.10. The molecular weight excluding hydrogens is 320 g/mol. The van der Waals surface area contributed by atoms with Crippen LogP contribution < -0.4 is 5.73 Å². The molecule has 0 bridgehead atoms. The zero-order chi connectivity index (χ0) is 14.0. The van der Waals surface area contributed by atoms with Crippen LogP contribution in [-0.2, 0) is 0 Å². The van der Waals surface area contributed by atoms with Gasteiger partial charge in [-0.3, -0.25) is 0 Å². The van der Waals surface area contributed by atoms with E-state index in [0.717, 1.165) is 18.6 Å². The second kappa shape index (κ2) is 5.75. The van der Waals surface area contributed by atoms with Gasteiger partial charge in [0.15, 0.2) is 5.82 Å². The molecule has 0 radical (unpaired) electrons. The fourth-order valence-corrected chi connectivity index (χ4v) is 2.08. The van der Waals surface area contributed by atoms with Gasteiger partial charge < -0.3 is 10.3 Å². The van der Waals surface area contributed by atoms with Crippen LogP contribution in [0.1, 0.15) is 31.6 Å². The van der Waals surface area contributed by atoms with Crippen LogP contribution in [0.5, 0.6) is 0 Å². The Morgan fingerprint density at radius 3 is 2.58 bits per heavy atom. The van der Waals surface area contributed by atoms with Gasteiger partial charge in [0.2, 0.25) is 0 Å². The number of hydrogen-bond donors (Lipinski definition) is 1. The largest absolute Gasteiger partial charge is 0.334 e. The first-order chi connectivity index (χ1) is 9.02.